The third kappa shape index (κ3) is 2.34. The Balaban J connectivity index is 1.48. The molecule has 0 spiro atoms. The third-order valence-corrected chi connectivity index (χ3v) is 5.58. The molecule has 0 aromatic carbocycles. The molecular weight excluding hydrogens is 336 g/mol. The van der Waals surface area contributed by atoms with E-state index < -0.39 is 0 Å². The number of hydrogen-bond donors (Lipinski definition) is 0. The van der Waals surface area contributed by atoms with Crippen molar-refractivity contribution in [2.75, 3.05) is 0 Å². The summed E-state index contributed by atoms with van der Waals surface area (Å²) in [6.07, 6.45) is 1.09. The molecule has 4 heterocycles. The van der Waals surface area contributed by atoms with Gasteiger partial charge in [-0.15, -0.1) is 31.7 Å². The van der Waals surface area contributed by atoms with E-state index >= 15 is 0 Å². The number of rotatable bonds is 3. The molecule has 25 heavy (non-hydrogen) atoms. The van der Waals surface area contributed by atoms with E-state index in [4.69, 9.17) is 5.10 Å². The highest BCUT2D eigenvalue weighted by molar-refractivity contribution is 7.11. The summed E-state index contributed by atoms with van der Waals surface area (Å²) in [5, 5.41) is 28.1. The first kappa shape index (κ1) is 14.6. The molecule has 2 unspecified atom stereocenters. The maximum atomic E-state index is 4.71. The SMILES string of the molecule is Cc1nnc(C2CC2c2cc(-c3ccc4nnc(C)n4n3)n(C)n2)s1. The van der Waals surface area contributed by atoms with Gasteiger partial charge in [-0.25, -0.2) is 0 Å². The summed E-state index contributed by atoms with van der Waals surface area (Å²) >= 11 is 1.68. The first-order valence-electron chi connectivity index (χ1n) is 8.13. The molecule has 126 valence electrons. The topological polar surface area (TPSA) is 86.7 Å². The predicted molar refractivity (Wildman–Crippen MR) is 92.5 cm³/mol. The minimum absolute atomic E-state index is 0.424. The summed E-state index contributed by atoms with van der Waals surface area (Å²) in [5.74, 6) is 1.64. The van der Waals surface area contributed by atoms with E-state index in [2.05, 4.69) is 31.6 Å². The molecule has 0 aliphatic heterocycles. The lowest BCUT2D eigenvalue weighted by Crippen LogP contribution is -2.00. The lowest BCUT2D eigenvalue weighted by molar-refractivity contribution is 0.741. The normalized spacial score (nSPS) is 19.6. The Morgan fingerprint density at radius 3 is 2.72 bits per heavy atom. The largest absolute Gasteiger partial charge is 0.266 e. The van der Waals surface area contributed by atoms with Crippen LogP contribution in [0.15, 0.2) is 18.2 Å². The first-order valence-corrected chi connectivity index (χ1v) is 8.95. The summed E-state index contributed by atoms with van der Waals surface area (Å²) < 4.78 is 3.65. The summed E-state index contributed by atoms with van der Waals surface area (Å²) in [5.41, 5.74) is 3.69. The van der Waals surface area contributed by atoms with Crippen LogP contribution in [-0.4, -0.2) is 39.8 Å². The Bertz CT molecular complexity index is 1090. The van der Waals surface area contributed by atoms with E-state index in [0.717, 1.165) is 45.0 Å². The van der Waals surface area contributed by atoms with Crippen LogP contribution in [0.2, 0.25) is 0 Å². The molecule has 0 amide bonds. The summed E-state index contributed by atoms with van der Waals surface area (Å²) in [4.78, 5) is 0. The third-order valence-electron chi connectivity index (χ3n) is 4.61. The molecular formula is C16H16N8S. The Morgan fingerprint density at radius 1 is 1.04 bits per heavy atom. The van der Waals surface area contributed by atoms with Crippen molar-refractivity contribution in [1.82, 2.24) is 39.8 Å². The van der Waals surface area contributed by atoms with Crippen molar-refractivity contribution in [3.05, 3.63) is 39.7 Å². The second kappa shape index (κ2) is 5.16. The van der Waals surface area contributed by atoms with E-state index in [1.54, 1.807) is 15.9 Å². The van der Waals surface area contributed by atoms with Gasteiger partial charge in [0.2, 0.25) is 0 Å². The van der Waals surface area contributed by atoms with Gasteiger partial charge in [-0.1, -0.05) is 0 Å². The second-order valence-corrected chi connectivity index (χ2v) is 7.64. The van der Waals surface area contributed by atoms with Gasteiger partial charge in [-0.05, 0) is 38.5 Å². The fourth-order valence-corrected chi connectivity index (χ4v) is 4.08. The predicted octanol–water partition coefficient (Wildman–Crippen LogP) is 2.26. The van der Waals surface area contributed by atoms with Crippen molar-refractivity contribution >= 4 is 17.0 Å². The number of aryl methyl sites for hydroxylation is 3. The van der Waals surface area contributed by atoms with Gasteiger partial charge in [-0.2, -0.15) is 14.7 Å². The zero-order chi connectivity index (χ0) is 17.1. The molecule has 0 radical (unpaired) electrons. The van der Waals surface area contributed by atoms with Crippen molar-refractivity contribution in [2.45, 2.75) is 32.1 Å². The quantitative estimate of drug-likeness (QED) is 0.562. The molecule has 5 rings (SSSR count). The van der Waals surface area contributed by atoms with Crippen molar-refractivity contribution in [3.8, 4) is 11.4 Å². The van der Waals surface area contributed by atoms with Gasteiger partial charge in [-0.3, -0.25) is 4.68 Å². The van der Waals surface area contributed by atoms with Crippen LogP contribution in [0.5, 0.6) is 0 Å². The van der Waals surface area contributed by atoms with Crippen LogP contribution in [0.1, 0.15) is 39.8 Å². The lowest BCUT2D eigenvalue weighted by atomic mass is 10.2. The van der Waals surface area contributed by atoms with Gasteiger partial charge < -0.3 is 0 Å². The van der Waals surface area contributed by atoms with Crippen molar-refractivity contribution in [2.24, 2.45) is 7.05 Å². The zero-order valence-corrected chi connectivity index (χ0v) is 14.9. The van der Waals surface area contributed by atoms with Crippen LogP contribution in [0, 0.1) is 13.8 Å². The Labute approximate surface area is 147 Å². The van der Waals surface area contributed by atoms with Crippen LogP contribution >= 0.6 is 11.3 Å². The minimum atomic E-state index is 0.424. The molecule has 1 aliphatic carbocycles. The molecule has 1 fully saturated rings. The highest BCUT2D eigenvalue weighted by Crippen LogP contribution is 2.55. The van der Waals surface area contributed by atoms with E-state index in [1.807, 2.05) is 37.7 Å². The number of fused-ring (bicyclic) bond motifs is 1. The highest BCUT2D eigenvalue weighted by Gasteiger charge is 2.44. The molecule has 0 N–H and O–H groups in total. The smallest absolute Gasteiger partial charge is 0.177 e. The molecule has 8 nitrogen and oxygen atoms in total. The maximum absolute atomic E-state index is 4.71. The fraction of sp³-hybridized carbons (Fsp3) is 0.375. The maximum Gasteiger partial charge on any atom is 0.177 e. The molecule has 4 aromatic heterocycles. The minimum Gasteiger partial charge on any atom is -0.266 e. The van der Waals surface area contributed by atoms with Gasteiger partial charge in [0, 0.05) is 18.9 Å². The second-order valence-electron chi connectivity index (χ2n) is 6.42. The molecule has 1 aliphatic rings. The highest BCUT2D eigenvalue weighted by atomic mass is 32.1. The summed E-state index contributed by atoms with van der Waals surface area (Å²) in [7, 11) is 1.95. The monoisotopic (exact) mass is 352 g/mol. The van der Waals surface area contributed by atoms with Gasteiger partial charge in [0.05, 0.1) is 11.4 Å². The van der Waals surface area contributed by atoms with E-state index in [1.165, 1.54) is 0 Å². The van der Waals surface area contributed by atoms with Crippen LogP contribution in [-0.2, 0) is 7.05 Å². The first-order chi connectivity index (χ1) is 12.1. The average Bonchev–Trinajstić information content (AvgIpc) is 2.91. The van der Waals surface area contributed by atoms with Gasteiger partial charge in [0.15, 0.2) is 11.5 Å². The number of aromatic nitrogens is 8. The Kier molecular flexibility index (Phi) is 3.02. The van der Waals surface area contributed by atoms with Crippen LogP contribution in [0.3, 0.4) is 0 Å². The number of hydrogen-bond acceptors (Lipinski definition) is 7. The molecule has 4 aromatic rings. The van der Waals surface area contributed by atoms with E-state index in [9.17, 15) is 0 Å². The molecule has 2 atom stereocenters. The Hall–Kier alpha value is -2.68. The van der Waals surface area contributed by atoms with Crippen LogP contribution in [0.4, 0.5) is 0 Å². The summed E-state index contributed by atoms with van der Waals surface area (Å²) in [6, 6.07) is 6.02. The standard InChI is InChI=1S/C16H16N8S/c1-8-17-19-15-5-4-12(22-24(8)15)14-7-13(21-23(14)3)10-6-11(10)16-20-18-9(2)25-16/h4-5,7,10-11H,6H2,1-3H3. The van der Waals surface area contributed by atoms with Crippen LogP contribution in [0.25, 0.3) is 17.0 Å². The zero-order valence-electron chi connectivity index (χ0n) is 14.1. The number of nitrogens with zero attached hydrogens (tertiary/aromatic N) is 8. The molecule has 9 heteroatoms. The fourth-order valence-electron chi connectivity index (χ4n) is 3.20. The van der Waals surface area contributed by atoms with Gasteiger partial charge in [0.1, 0.15) is 15.7 Å². The Morgan fingerprint density at radius 2 is 1.92 bits per heavy atom. The average molecular weight is 352 g/mol. The molecule has 0 saturated heterocycles. The lowest BCUT2D eigenvalue weighted by Gasteiger charge is -2.01. The van der Waals surface area contributed by atoms with E-state index in [0.29, 0.717) is 11.8 Å². The van der Waals surface area contributed by atoms with Gasteiger partial charge >= 0.3 is 0 Å². The van der Waals surface area contributed by atoms with Crippen molar-refractivity contribution in [1.29, 1.82) is 0 Å². The molecule has 0 bridgehead atoms. The van der Waals surface area contributed by atoms with Crippen molar-refractivity contribution < 1.29 is 0 Å². The van der Waals surface area contributed by atoms with Crippen molar-refractivity contribution in [3.63, 3.8) is 0 Å². The summed E-state index contributed by atoms with van der Waals surface area (Å²) in [6.45, 7) is 3.89. The van der Waals surface area contributed by atoms with E-state index in [-0.39, 0.29) is 0 Å². The molecule has 1 saturated carbocycles. The van der Waals surface area contributed by atoms with Crippen LogP contribution < -0.4 is 0 Å². The van der Waals surface area contributed by atoms with Gasteiger partial charge in [0.25, 0.3) is 0 Å².